The van der Waals surface area contributed by atoms with E-state index in [4.69, 9.17) is 0 Å². The van der Waals surface area contributed by atoms with E-state index in [1.807, 2.05) is 30.1 Å². The highest BCUT2D eigenvalue weighted by atomic mass is 127. The minimum absolute atomic E-state index is 0. The Bertz CT molecular complexity index is 709. The second-order valence-electron chi connectivity index (χ2n) is 6.27. The number of aliphatic imine (C=N–C) groups is 1. The van der Waals surface area contributed by atoms with Crippen LogP contribution in [-0.2, 0) is 19.5 Å². The molecule has 148 valence electrons. The summed E-state index contributed by atoms with van der Waals surface area (Å²) in [6.07, 6.45) is 1.10. The van der Waals surface area contributed by atoms with Crippen LogP contribution in [0.3, 0.4) is 0 Å². The van der Waals surface area contributed by atoms with Gasteiger partial charge in [-0.2, -0.15) is 11.8 Å². The maximum Gasteiger partial charge on any atom is 0.191 e. The summed E-state index contributed by atoms with van der Waals surface area (Å²) in [7, 11) is 1.82. The van der Waals surface area contributed by atoms with E-state index in [1.54, 1.807) is 0 Å². The maximum absolute atomic E-state index is 4.32. The summed E-state index contributed by atoms with van der Waals surface area (Å²) in [4.78, 5) is 9.57. The summed E-state index contributed by atoms with van der Waals surface area (Å²) in [6.45, 7) is 6.10. The Morgan fingerprint density at radius 2 is 1.67 bits per heavy atom. The third-order valence-electron chi connectivity index (χ3n) is 4.49. The number of thioether (sulfide) groups is 1. The molecule has 1 aliphatic rings. The molecule has 2 heterocycles. The summed E-state index contributed by atoms with van der Waals surface area (Å²) in [6, 6.07) is 13.3. The van der Waals surface area contributed by atoms with Crippen molar-refractivity contribution in [2.45, 2.75) is 26.4 Å². The van der Waals surface area contributed by atoms with Gasteiger partial charge in [0, 0.05) is 53.6 Å². The van der Waals surface area contributed by atoms with Gasteiger partial charge in [-0.25, -0.2) is 0 Å². The average Bonchev–Trinajstić information content (AvgIpc) is 3.17. The molecule has 0 spiro atoms. The van der Waals surface area contributed by atoms with Gasteiger partial charge in [0.1, 0.15) is 0 Å². The van der Waals surface area contributed by atoms with Crippen LogP contribution in [-0.4, -0.2) is 37.6 Å². The van der Waals surface area contributed by atoms with Gasteiger partial charge >= 0.3 is 0 Å². The van der Waals surface area contributed by atoms with Crippen molar-refractivity contribution < 1.29 is 0 Å². The van der Waals surface area contributed by atoms with Crippen LogP contribution in [0.25, 0.3) is 0 Å². The number of rotatable bonds is 6. The first-order valence-electron chi connectivity index (χ1n) is 9.22. The van der Waals surface area contributed by atoms with Gasteiger partial charge in [-0.1, -0.05) is 19.1 Å². The van der Waals surface area contributed by atoms with Crippen molar-refractivity contribution in [3.8, 4) is 0 Å². The largest absolute Gasteiger partial charge is 0.370 e. The summed E-state index contributed by atoms with van der Waals surface area (Å²) in [5.41, 5.74) is 2.61. The van der Waals surface area contributed by atoms with Gasteiger partial charge in [0.2, 0.25) is 0 Å². The van der Waals surface area contributed by atoms with Gasteiger partial charge in [-0.3, -0.25) is 4.99 Å². The van der Waals surface area contributed by atoms with E-state index in [2.05, 4.69) is 63.8 Å². The molecule has 0 aliphatic carbocycles. The Balaban J connectivity index is 0.00000261. The fourth-order valence-corrected chi connectivity index (χ4v) is 4.73. The topological polar surface area (TPSA) is 39.7 Å². The van der Waals surface area contributed by atoms with E-state index in [1.165, 1.54) is 32.5 Å². The number of nitrogens with one attached hydrogen (secondary N) is 2. The minimum Gasteiger partial charge on any atom is -0.370 e. The number of hydrogen-bond donors (Lipinski definition) is 2. The van der Waals surface area contributed by atoms with E-state index < -0.39 is 0 Å². The molecule has 1 aromatic carbocycles. The van der Waals surface area contributed by atoms with Crippen molar-refractivity contribution in [1.29, 1.82) is 0 Å². The highest BCUT2D eigenvalue weighted by molar-refractivity contribution is 14.0. The van der Waals surface area contributed by atoms with Crippen molar-refractivity contribution in [2.75, 3.05) is 36.5 Å². The second-order valence-corrected chi connectivity index (χ2v) is 8.74. The average molecular weight is 517 g/mol. The lowest BCUT2D eigenvalue weighted by Gasteiger charge is -2.28. The van der Waals surface area contributed by atoms with Crippen molar-refractivity contribution in [1.82, 2.24) is 10.6 Å². The van der Waals surface area contributed by atoms with Gasteiger partial charge in [-0.15, -0.1) is 35.3 Å². The summed E-state index contributed by atoms with van der Waals surface area (Å²) in [5.74, 6) is 3.30. The predicted octanol–water partition coefficient (Wildman–Crippen LogP) is 4.35. The first kappa shape index (κ1) is 22.4. The standard InChI is InChI=1S/C20H28N4S2.HI/c1-3-18-8-9-19(26-18)15-23-20(21-2)22-14-16-4-6-17(7-5-16)24-10-12-25-13-11-24;/h4-9H,3,10-15H2,1-2H3,(H2,21,22,23);1H. The third kappa shape index (κ3) is 6.87. The van der Waals surface area contributed by atoms with Crippen molar-refractivity contribution >= 4 is 58.7 Å². The smallest absolute Gasteiger partial charge is 0.191 e. The molecule has 0 bridgehead atoms. The molecule has 2 aromatic rings. The molecule has 0 amide bonds. The molecule has 0 atom stereocenters. The number of aryl methyl sites for hydroxylation is 1. The van der Waals surface area contributed by atoms with Crippen molar-refractivity contribution in [3.05, 3.63) is 51.7 Å². The number of guanidine groups is 1. The molecule has 0 saturated carbocycles. The van der Waals surface area contributed by atoms with E-state index in [0.717, 1.165) is 38.6 Å². The van der Waals surface area contributed by atoms with Crippen LogP contribution >= 0.6 is 47.1 Å². The van der Waals surface area contributed by atoms with E-state index >= 15 is 0 Å². The van der Waals surface area contributed by atoms with Gasteiger partial charge in [0.05, 0.1) is 6.54 Å². The molecule has 1 saturated heterocycles. The predicted molar refractivity (Wildman–Crippen MR) is 132 cm³/mol. The Labute approximate surface area is 188 Å². The lowest BCUT2D eigenvalue weighted by molar-refractivity contribution is 0.814. The van der Waals surface area contributed by atoms with E-state index in [0.29, 0.717) is 0 Å². The fraction of sp³-hybridized carbons (Fsp3) is 0.450. The molecule has 1 fully saturated rings. The zero-order valence-corrected chi connectivity index (χ0v) is 20.0. The van der Waals surface area contributed by atoms with Crippen LogP contribution in [0, 0.1) is 0 Å². The summed E-state index contributed by atoms with van der Waals surface area (Å²) < 4.78 is 0. The molecular formula is C20H29IN4S2. The Hall–Kier alpha value is -0.930. The summed E-state index contributed by atoms with van der Waals surface area (Å²) in [5, 5.41) is 6.80. The molecular weight excluding hydrogens is 487 g/mol. The summed E-state index contributed by atoms with van der Waals surface area (Å²) >= 11 is 3.91. The van der Waals surface area contributed by atoms with E-state index in [-0.39, 0.29) is 24.0 Å². The van der Waals surface area contributed by atoms with Crippen LogP contribution < -0.4 is 15.5 Å². The Morgan fingerprint density at radius 1 is 1.00 bits per heavy atom. The van der Waals surface area contributed by atoms with Crippen LogP contribution in [0.4, 0.5) is 5.69 Å². The van der Waals surface area contributed by atoms with Crippen LogP contribution in [0.1, 0.15) is 22.2 Å². The Kier molecular flexibility index (Phi) is 9.78. The highest BCUT2D eigenvalue weighted by Gasteiger charge is 2.10. The maximum atomic E-state index is 4.32. The number of halogens is 1. The normalized spacial score (nSPS) is 14.6. The molecule has 1 aliphatic heterocycles. The number of hydrogen-bond acceptors (Lipinski definition) is 4. The molecule has 0 radical (unpaired) electrons. The number of anilines is 1. The minimum atomic E-state index is 0. The molecule has 0 unspecified atom stereocenters. The molecule has 2 N–H and O–H groups in total. The molecule has 1 aromatic heterocycles. The Morgan fingerprint density at radius 3 is 2.30 bits per heavy atom. The first-order chi connectivity index (χ1) is 12.8. The van der Waals surface area contributed by atoms with Crippen LogP contribution in [0.15, 0.2) is 41.4 Å². The SMILES string of the molecule is CCc1ccc(CNC(=NC)NCc2ccc(N3CCSCC3)cc2)s1.I. The van der Waals surface area contributed by atoms with Crippen molar-refractivity contribution in [2.24, 2.45) is 4.99 Å². The van der Waals surface area contributed by atoms with Crippen LogP contribution in [0.5, 0.6) is 0 Å². The number of benzene rings is 1. The molecule has 27 heavy (non-hydrogen) atoms. The zero-order chi connectivity index (χ0) is 18.2. The highest BCUT2D eigenvalue weighted by Crippen LogP contribution is 2.20. The van der Waals surface area contributed by atoms with Gasteiger partial charge in [0.25, 0.3) is 0 Å². The first-order valence-corrected chi connectivity index (χ1v) is 11.2. The monoisotopic (exact) mass is 516 g/mol. The lowest BCUT2D eigenvalue weighted by Crippen LogP contribution is -2.36. The van der Waals surface area contributed by atoms with Crippen LogP contribution in [0.2, 0.25) is 0 Å². The number of nitrogens with zero attached hydrogens (tertiary/aromatic N) is 2. The number of thiophene rings is 1. The van der Waals surface area contributed by atoms with E-state index in [9.17, 15) is 0 Å². The van der Waals surface area contributed by atoms with Gasteiger partial charge in [0.15, 0.2) is 5.96 Å². The third-order valence-corrected chi connectivity index (χ3v) is 6.66. The molecule has 3 rings (SSSR count). The lowest BCUT2D eigenvalue weighted by atomic mass is 10.2. The van der Waals surface area contributed by atoms with Crippen molar-refractivity contribution in [3.63, 3.8) is 0 Å². The quantitative estimate of drug-likeness (QED) is 0.341. The molecule has 7 heteroatoms. The molecule has 4 nitrogen and oxygen atoms in total. The second kappa shape index (κ2) is 11.8. The fourth-order valence-electron chi connectivity index (χ4n) is 2.93. The van der Waals surface area contributed by atoms with Gasteiger partial charge < -0.3 is 15.5 Å². The van der Waals surface area contributed by atoms with Gasteiger partial charge in [-0.05, 0) is 36.2 Å². The zero-order valence-electron chi connectivity index (χ0n) is 16.0.